The highest BCUT2D eigenvalue weighted by Crippen LogP contribution is 2.53. The summed E-state index contributed by atoms with van der Waals surface area (Å²) in [6.45, 7) is 16.5. The molecule has 0 aromatic rings. The quantitative estimate of drug-likeness (QED) is 0.279. The van der Waals surface area contributed by atoms with Gasteiger partial charge in [0.05, 0.1) is 70.2 Å². The smallest absolute Gasteiger partial charge is 0.0921 e. The molecule has 2 N–H and O–H groups in total. The number of ether oxygens (including phenoxy) is 5. The lowest BCUT2D eigenvalue weighted by Gasteiger charge is -2.25. The van der Waals surface area contributed by atoms with Crippen LogP contribution in [0, 0.1) is 0 Å². The minimum atomic E-state index is -1.07. The molecule has 5 rings (SSSR count). The molecule has 7 heteroatoms. The van der Waals surface area contributed by atoms with Crippen LogP contribution in [-0.2, 0) is 23.7 Å². The lowest BCUT2D eigenvalue weighted by molar-refractivity contribution is -0.0539. The Hall–Kier alpha value is -0.280. The van der Waals surface area contributed by atoms with Gasteiger partial charge in [-0.3, -0.25) is 0 Å². The Labute approximate surface area is 223 Å². The molecule has 5 heterocycles. The molecule has 0 radical (unpaired) electrons. The van der Waals surface area contributed by atoms with Crippen LogP contribution < -0.4 is 0 Å². The number of aliphatic hydroxyl groups excluding tert-OH is 1. The zero-order valence-electron chi connectivity index (χ0n) is 24.5. The molecule has 0 unspecified atom stereocenters. The maximum Gasteiger partial charge on any atom is 0.0921 e. The van der Waals surface area contributed by atoms with Crippen LogP contribution in [0.2, 0.25) is 0 Å². The van der Waals surface area contributed by atoms with Crippen LogP contribution in [0.4, 0.5) is 0 Å². The summed E-state index contributed by atoms with van der Waals surface area (Å²) in [4.78, 5) is 0. The molecule has 214 valence electrons. The van der Waals surface area contributed by atoms with Crippen LogP contribution in [0.1, 0.15) is 120 Å². The molecule has 5 fully saturated rings. The van der Waals surface area contributed by atoms with Crippen LogP contribution in [0.5, 0.6) is 0 Å². The van der Waals surface area contributed by atoms with E-state index in [0.29, 0.717) is 30.8 Å². The number of epoxide rings is 5. The third-order valence-corrected chi connectivity index (χ3v) is 10.4. The summed E-state index contributed by atoms with van der Waals surface area (Å²) in [5, 5.41) is 20.1. The molecule has 0 aromatic carbocycles. The van der Waals surface area contributed by atoms with E-state index in [0.717, 1.165) is 57.8 Å². The minimum absolute atomic E-state index is 0.00286. The second kappa shape index (κ2) is 9.12. The molecular formula is C30H52O7. The highest BCUT2D eigenvalue weighted by Gasteiger charge is 2.60. The third-order valence-electron chi connectivity index (χ3n) is 10.4. The first-order valence-corrected chi connectivity index (χ1v) is 14.8. The Morgan fingerprint density at radius 3 is 1.24 bits per heavy atom. The standard InChI is InChI=1S/C30H52O7/c1-25(2,32)19(31)11-15-27(5)23(36-27)13-17-28(6)21(34-28)9-10-22-29(7,35-22)18-14-24-30(8,37-24)16-12-20-26(3,4)33-20/h19-24,31-32H,9-18H2,1-8H3/t19-,20-,21-,22-,23+,24+,27+,28-,29-,30+/m1/s1. The molecule has 5 saturated heterocycles. The monoisotopic (exact) mass is 524 g/mol. The Balaban J connectivity index is 0.932. The van der Waals surface area contributed by atoms with E-state index in [1.807, 2.05) is 0 Å². The average Bonchev–Trinajstić information content (AvgIpc) is 3.64. The van der Waals surface area contributed by atoms with Crippen molar-refractivity contribution in [2.24, 2.45) is 0 Å². The van der Waals surface area contributed by atoms with Crippen LogP contribution in [0.15, 0.2) is 0 Å². The van der Waals surface area contributed by atoms with Gasteiger partial charge in [-0.15, -0.1) is 0 Å². The largest absolute Gasteiger partial charge is 0.390 e. The summed E-state index contributed by atoms with van der Waals surface area (Å²) in [6.07, 6.45) is 10.6. The van der Waals surface area contributed by atoms with Crippen molar-refractivity contribution in [1.82, 2.24) is 0 Å². The van der Waals surface area contributed by atoms with Gasteiger partial charge >= 0.3 is 0 Å². The van der Waals surface area contributed by atoms with Crippen LogP contribution in [0.25, 0.3) is 0 Å². The van der Waals surface area contributed by atoms with E-state index in [2.05, 4.69) is 41.5 Å². The maximum absolute atomic E-state index is 10.1. The molecule has 7 nitrogen and oxygen atoms in total. The van der Waals surface area contributed by atoms with Gasteiger partial charge in [-0.2, -0.15) is 0 Å². The molecule has 0 bridgehead atoms. The zero-order valence-corrected chi connectivity index (χ0v) is 24.5. The Morgan fingerprint density at radius 1 is 0.568 bits per heavy atom. The van der Waals surface area contributed by atoms with Gasteiger partial charge in [-0.05, 0) is 120 Å². The molecule has 37 heavy (non-hydrogen) atoms. The minimum Gasteiger partial charge on any atom is -0.390 e. The van der Waals surface area contributed by atoms with Gasteiger partial charge in [0.1, 0.15) is 0 Å². The summed E-state index contributed by atoms with van der Waals surface area (Å²) in [5.74, 6) is 0. The fourth-order valence-corrected chi connectivity index (χ4v) is 6.57. The number of rotatable bonds is 16. The second-order valence-corrected chi connectivity index (χ2v) is 14.8. The van der Waals surface area contributed by atoms with E-state index in [9.17, 15) is 10.2 Å². The Bertz CT molecular complexity index is 855. The van der Waals surface area contributed by atoms with E-state index >= 15 is 0 Å². The van der Waals surface area contributed by atoms with Crippen molar-refractivity contribution in [3.8, 4) is 0 Å². The lowest BCUT2D eigenvalue weighted by atomic mass is 9.89. The van der Waals surface area contributed by atoms with E-state index in [1.165, 1.54) is 0 Å². The van der Waals surface area contributed by atoms with Gasteiger partial charge in [0.15, 0.2) is 0 Å². The normalized spacial score (nSPS) is 48.0. The maximum atomic E-state index is 10.1. The third kappa shape index (κ3) is 6.39. The predicted octanol–water partition coefficient (Wildman–Crippen LogP) is 4.83. The van der Waals surface area contributed by atoms with E-state index in [1.54, 1.807) is 13.8 Å². The topological polar surface area (TPSA) is 103 Å². The fraction of sp³-hybridized carbons (Fsp3) is 1.00. The van der Waals surface area contributed by atoms with Crippen molar-refractivity contribution in [3.05, 3.63) is 0 Å². The SMILES string of the molecule is CC(C)(O)[C@H](O)CC[C@]1(C)O[C@H]1CC[C@@]1(C)O[C@@H]1CC[C@H]1O[C@]1(C)CC[C@@H]1O[C@@]1(C)CC[C@H]1OC1(C)C. The van der Waals surface area contributed by atoms with Crippen LogP contribution in [-0.4, -0.2) is 80.4 Å². The fourth-order valence-electron chi connectivity index (χ4n) is 6.57. The summed E-state index contributed by atoms with van der Waals surface area (Å²) in [7, 11) is 0. The van der Waals surface area contributed by atoms with Gasteiger partial charge < -0.3 is 33.9 Å². The zero-order chi connectivity index (χ0) is 27.1. The molecule has 0 aromatic heterocycles. The molecule has 5 aliphatic heterocycles. The number of aliphatic hydroxyl groups is 2. The van der Waals surface area contributed by atoms with Crippen molar-refractivity contribution in [3.63, 3.8) is 0 Å². The van der Waals surface area contributed by atoms with Crippen LogP contribution >= 0.6 is 0 Å². The molecular weight excluding hydrogens is 472 g/mol. The first-order chi connectivity index (χ1) is 17.0. The van der Waals surface area contributed by atoms with Gasteiger partial charge in [-0.1, -0.05) is 0 Å². The van der Waals surface area contributed by atoms with E-state index in [4.69, 9.17) is 23.7 Å². The van der Waals surface area contributed by atoms with Gasteiger partial charge in [-0.25, -0.2) is 0 Å². The molecule has 0 spiro atoms. The van der Waals surface area contributed by atoms with Gasteiger partial charge in [0.2, 0.25) is 0 Å². The van der Waals surface area contributed by atoms with Gasteiger partial charge in [0.25, 0.3) is 0 Å². The number of hydrogen-bond acceptors (Lipinski definition) is 7. The lowest BCUT2D eigenvalue weighted by Crippen LogP contribution is -2.36. The summed E-state index contributed by atoms with van der Waals surface area (Å²) < 4.78 is 30.1. The molecule has 5 aliphatic rings. The van der Waals surface area contributed by atoms with Crippen molar-refractivity contribution in [2.45, 2.75) is 190 Å². The van der Waals surface area contributed by atoms with Crippen molar-refractivity contribution in [2.75, 3.05) is 0 Å². The first kappa shape index (κ1) is 28.3. The summed E-state index contributed by atoms with van der Waals surface area (Å²) in [6, 6.07) is 0. The van der Waals surface area contributed by atoms with Crippen molar-refractivity contribution < 1.29 is 33.9 Å². The second-order valence-electron chi connectivity index (χ2n) is 14.8. The molecule has 0 amide bonds. The Kier molecular flexibility index (Phi) is 6.96. The Morgan fingerprint density at radius 2 is 0.892 bits per heavy atom. The molecule has 0 aliphatic carbocycles. The highest BCUT2D eigenvalue weighted by molar-refractivity contribution is 5.08. The highest BCUT2D eigenvalue weighted by atomic mass is 16.6. The average molecular weight is 525 g/mol. The van der Waals surface area contributed by atoms with Crippen molar-refractivity contribution >= 4 is 0 Å². The predicted molar refractivity (Wildman–Crippen MR) is 141 cm³/mol. The van der Waals surface area contributed by atoms with E-state index < -0.39 is 11.7 Å². The van der Waals surface area contributed by atoms with Crippen LogP contribution in [0.3, 0.4) is 0 Å². The van der Waals surface area contributed by atoms with Crippen molar-refractivity contribution in [1.29, 1.82) is 0 Å². The molecule has 0 saturated carbocycles. The summed E-state index contributed by atoms with van der Waals surface area (Å²) >= 11 is 0. The molecule has 10 atom stereocenters. The first-order valence-electron chi connectivity index (χ1n) is 14.8. The van der Waals surface area contributed by atoms with Gasteiger partial charge in [0, 0.05) is 0 Å². The summed E-state index contributed by atoms with van der Waals surface area (Å²) in [5.41, 5.74) is -1.20. The van der Waals surface area contributed by atoms with E-state index in [-0.39, 0.29) is 34.1 Å². The number of hydrogen-bond donors (Lipinski definition) is 2.